The van der Waals surface area contributed by atoms with Crippen LogP contribution in [0.2, 0.25) is 0 Å². The van der Waals surface area contributed by atoms with E-state index in [0.29, 0.717) is 42.3 Å². The normalized spacial score (nSPS) is 14.1. The molecule has 0 unspecified atom stereocenters. The summed E-state index contributed by atoms with van der Waals surface area (Å²) in [5.41, 5.74) is 17.1. The van der Waals surface area contributed by atoms with Crippen molar-refractivity contribution in [2.24, 2.45) is 0 Å². The first-order chi connectivity index (χ1) is 18.6. The topological polar surface area (TPSA) is 147 Å². The van der Waals surface area contributed by atoms with Gasteiger partial charge in [-0.05, 0) is 24.3 Å². The minimum absolute atomic E-state index is 0.234. The molecule has 6 aromatic rings. The van der Waals surface area contributed by atoms with Gasteiger partial charge in [-0.3, -0.25) is 0 Å². The third-order valence-corrected chi connectivity index (χ3v) is 6.84. The van der Waals surface area contributed by atoms with Crippen LogP contribution in [0, 0.1) is 0 Å². The van der Waals surface area contributed by atoms with E-state index in [1.54, 1.807) is 6.20 Å². The van der Waals surface area contributed by atoms with Gasteiger partial charge in [0.05, 0.1) is 36.2 Å². The summed E-state index contributed by atoms with van der Waals surface area (Å²) in [5.74, 6) is 1.53. The zero-order chi connectivity index (χ0) is 25.6. The average molecular weight is 505 g/mol. The molecule has 1 fully saturated rings. The number of rotatable bonds is 4. The van der Waals surface area contributed by atoms with E-state index in [1.807, 2.05) is 41.1 Å². The molecule has 188 valence electrons. The molecule has 0 saturated carbocycles. The summed E-state index contributed by atoms with van der Waals surface area (Å²) in [6.45, 7) is 3.36. The SMILES string of the molecule is Nc1ncc2cc(-c3nn(Cc4cc5ccccc5nc4N4CCOCC4)c4ncnc(N)c34)ccc2n1. The summed E-state index contributed by atoms with van der Waals surface area (Å²) in [4.78, 5) is 24.6. The van der Waals surface area contributed by atoms with E-state index in [2.05, 4.69) is 37.0 Å². The number of nitrogens with zero attached hydrogens (tertiary/aromatic N) is 8. The van der Waals surface area contributed by atoms with Gasteiger partial charge in [-0.25, -0.2) is 29.6 Å². The van der Waals surface area contributed by atoms with Crippen molar-refractivity contribution in [2.45, 2.75) is 6.54 Å². The van der Waals surface area contributed by atoms with E-state index in [-0.39, 0.29) is 5.95 Å². The molecule has 38 heavy (non-hydrogen) atoms. The van der Waals surface area contributed by atoms with Crippen LogP contribution in [0.25, 0.3) is 44.1 Å². The number of para-hydroxylation sites is 1. The van der Waals surface area contributed by atoms with Crippen molar-refractivity contribution in [3.8, 4) is 11.3 Å². The fourth-order valence-corrected chi connectivity index (χ4v) is 5.01. The maximum Gasteiger partial charge on any atom is 0.220 e. The largest absolute Gasteiger partial charge is 0.383 e. The quantitative estimate of drug-likeness (QED) is 0.367. The van der Waals surface area contributed by atoms with Crippen molar-refractivity contribution < 1.29 is 4.74 Å². The third kappa shape index (κ3) is 3.80. The molecule has 1 aliphatic rings. The minimum Gasteiger partial charge on any atom is -0.383 e. The van der Waals surface area contributed by atoms with Gasteiger partial charge in [0.25, 0.3) is 0 Å². The maximum atomic E-state index is 6.37. The molecule has 11 heteroatoms. The lowest BCUT2D eigenvalue weighted by molar-refractivity contribution is 0.122. The van der Waals surface area contributed by atoms with Crippen LogP contribution in [-0.4, -0.2) is 61.0 Å². The fourth-order valence-electron chi connectivity index (χ4n) is 5.01. The van der Waals surface area contributed by atoms with Crippen LogP contribution >= 0.6 is 0 Å². The Hall–Kier alpha value is -4.90. The van der Waals surface area contributed by atoms with Crippen molar-refractivity contribution >= 4 is 50.4 Å². The predicted molar refractivity (Wildman–Crippen MR) is 147 cm³/mol. The molecule has 1 saturated heterocycles. The molecule has 7 rings (SSSR count). The summed E-state index contributed by atoms with van der Waals surface area (Å²) < 4.78 is 7.47. The first-order valence-corrected chi connectivity index (χ1v) is 12.3. The van der Waals surface area contributed by atoms with Crippen molar-refractivity contribution in [1.29, 1.82) is 0 Å². The molecule has 0 atom stereocenters. The van der Waals surface area contributed by atoms with E-state index in [4.69, 9.17) is 26.3 Å². The van der Waals surface area contributed by atoms with E-state index in [0.717, 1.165) is 51.8 Å². The molecule has 0 bridgehead atoms. The molecule has 0 aliphatic carbocycles. The number of aromatic nitrogens is 7. The Bertz CT molecular complexity index is 1830. The lowest BCUT2D eigenvalue weighted by Crippen LogP contribution is -2.37. The average Bonchev–Trinajstić information content (AvgIpc) is 3.32. The monoisotopic (exact) mass is 504 g/mol. The van der Waals surface area contributed by atoms with Crippen LogP contribution in [-0.2, 0) is 11.3 Å². The number of pyridine rings is 1. The van der Waals surface area contributed by atoms with Gasteiger partial charge in [-0.15, -0.1) is 0 Å². The summed E-state index contributed by atoms with van der Waals surface area (Å²) in [6.07, 6.45) is 3.17. The number of benzene rings is 2. The molecule has 0 amide bonds. The van der Waals surface area contributed by atoms with Crippen LogP contribution in [0.1, 0.15) is 5.56 Å². The number of ether oxygens (including phenoxy) is 1. The highest BCUT2D eigenvalue weighted by molar-refractivity contribution is 6.00. The molecule has 11 nitrogen and oxygen atoms in total. The number of hydrogen-bond donors (Lipinski definition) is 2. The Balaban J connectivity index is 1.38. The number of fused-ring (bicyclic) bond motifs is 3. The third-order valence-electron chi connectivity index (χ3n) is 6.84. The van der Waals surface area contributed by atoms with E-state index >= 15 is 0 Å². The predicted octanol–water partition coefficient (Wildman–Crippen LogP) is 3.03. The zero-order valence-electron chi connectivity index (χ0n) is 20.4. The second-order valence-electron chi connectivity index (χ2n) is 9.23. The van der Waals surface area contributed by atoms with Crippen molar-refractivity contribution in [1.82, 2.24) is 34.7 Å². The van der Waals surface area contributed by atoms with Crippen molar-refractivity contribution in [3.63, 3.8) is 0 Å². The molecule has 0 radical (unpaired) electrons. The number of morpholine rings is 1. The van der Waals surface area contributed by atoms with Gasteiger partial charge < -0.3 is 21.1 Å². The van der Waals surface area contributed by atoms with Crippen LogP contribution in [0.15, 0.2) is 61.1 Å². The van der Waals surface area contributed by atoms with Gasteiger partial charge >= 0.3 is 0 Å². The fraction of sp³-hybridized carbons (Fsp3) is 0.185. The Kier molecular flexibility index (Phi) is 5.22. The minimum atomic E-state index is 0.234. The summed E-state index contributed by atoms with van der Waals surface area (Å²) >= 11 is 0. The van der Waals surface area contributed by atoms with Crippen LogP contribution in [0.5, 0.6) is 0 Å². The van der Waals surface area contributed by atoms with Gasteiger partial charge in [-0.1, -0.05) is 24.3 Å². The molecule has 0 spiro atoms. The van der Waals surface area contributed by atoms with Crippen LogP contribution in [0.3, 0.4) is 0 Å². The zero-order valence-corrected chi connectivity index (χ0v) is 20.4. The number of hydrogen-bond acceptors (Lipinski definition) is 10. The molecule has 4 N–H and O–H groups in total. The van der Waals surface area contributed by atoms with Crippen LogP contribution < -0.4 is 16.4 Å². The molecule has 5 heterocycles. The number of anilines is 3. The number of nitrogen functional groups attached to an aromatic ring is 2. The molecule has 1 aliphatic heterocycles. The first-order valence-electron chi connectivity index (χ1n) is 12.3. The van der Waals surface area contributed by atoms with Gasteiger partial charge in [0.15, 0.2) is 5.65 Å². The summed E-state index contributed by atoms with van der Waals surface area (Å²) in [7, 11) is 0. The van der Waals surface area contributed by atoms with E-state index in [1.165, 1.54) is 6.33 Å². The maximum absolute atomic E-state index is 6.37. The lowest BCUT2D eigenvalue weighted by Gasteiger charge is -2.29. The first kappa shape index (κ1) is 22.3. The molecule has 2 aromatic carbocycles. The highest BCUT2D eigenvalue weighted by Gasteiger charge is 2.22. The summed E-state index contributed by atoms with van der Waals surface area (Å²) in [5, 5.41) is 7.62. The Morgan fingerprint density at radius 1 is 0.868 bits per heavy atom. The Morgan fingerprint density at radius 3 is 2.61 bits per heavy atom. The van der Waals surface area contributed by atoms with Gasteiger partial charge in [-0.2, -0.15) is 5.10 Å². The highest BCUT2D eigenvalue weighted by atomic mass is 16.5. The van der Waals surface area contributed by atoms with Gasteiger partial charge in [0.1, 0.15) is 23.7 Å². The molecule has 4 aromatic heterocycles. The van der Waals surface area contributed by atoms with Gasteiger partial charge in [0, 0.05) is 41.2 Å². The Morgan fingerprint density at radius 2 is 1.71 bits per heavy atom. The van der Waals surface area contributed by atoms with Gasteiger partial charge in [0.2, 0.25) is 5.95 Å². The second-order valence-corrected chi connectivity index (χ2v) is 9.23. The molecular formula is C27H24N10O. The Labute approximate surface area is 217 Å². The lowest BCUT2D eigenvalue weighted by atomic mass is 10.1. The van der Waals surface area contributed by atoms with E-state index in [9.17, 15) is 0 Å². The molecular weight excluding hydrogens is 480 g/mol. The van der Waals surface area contributed by atoms with Crippen molar-refractivity contribution in [3.05, 3.63) is 66.6 Å². The second kappa shape index (κ2) is 8.89. The smallest absolute Gasteiger partial charge is 0.220 e. The number of nitrogens with two attached hydrogens (primary N) is 2. The van der Waals surface area contributed by atoms with Crippen molar-refractivity contribution in [2.75, 3.05) is 42.7 Å². The van der Waals surface area contributed by atoms with E-state index < -0.39 is 0 Å². The summed E-state index contributed by atoms with van der Waals surface area (Å²) in [6, 6.07) is 16.2. The van der Waals surface area contributed by atoms with Crippen LogP contribution in [0.4, 0.5) is 17.6 Å². The standard InChI is InChI=1S/C27H24N10O/c28-24-22-23(17-5-6-21-18(12-17)13-30-27(29)34-21)35-37(26(22)32-15-31-24)14-19-11-16-3-1-2-4-20(16)33-25(19)36-7-9-38-10-8-36/h1-6,11-13,15H,7-10,14H2,(H2,28,31,32)(H2,29,30,34). The highest BCUT2D eigenvalue weighted by Crippen LogP contribution is 2.33.